The van der Waals surface area contributed by atoms with E-state index in [2.05, 4.69) is 26.8 Å². The standard InChI is InChI=1S/C13H22O2/c1-8(2)12(14)15-11-9(3)7-13(5,6)10(11)4/h7-8,10-11H,1-6H3/t10-,11-/m0/s1. The van der Waals surface area contributed by atoms with Crippen LogP contribution in [0.1, 0.15) is 41.5 Å². The van der Waals surface area contributed by atoms with Crippen LogP contribution in [0.15, 0.2) is 11.6 Å². The largest absolute Gasteiger partial charge is 0.457 e. The summed E-state index contributed by atoms with van der Waals surface area (Å²) >= 11 is 0. The van der Waals surface area contributed by atoms with Gasteiger partial charge in [-0.2, -0.15) is 0 Å². The van der Waals surface area contributed by atoms with Gasteiger partial charge in [-0.25, -0.2) is 0 Å². The van der Waals surface area contributed by atoms with Crippen LogP contribution in [0.5, 0.6) is 0 Å². The molecule has 0 heterocycles. The summed E-state index contributed by atoms with van der Waals surface area (Å²) in [6, 6.07) is 0. The zero-order valence-corrected chi connectivity index (χ0v) is 10.6. The summed E-state index contributed by atoms with van der Waals surface area (Å²) < 4.78 is 5.53. The van der Waals surface area contributed by atoms with E-state index in [0.29, 0.717) is 5.92 Å². The highest BCUT2D eigenvalue weighted by molar-refractivity contribution is 5.72. The van der Waals surface area contributed by atoms with Crippen molar-refractivity contribution < 1.29 is 9.53 Å². The lowest BCUT2D eigenvalue weighted by Gasteiger charge is -2.27. The Labute approximate surface area is 92.7 Å². The predicted molar refractivity (Wildman–Crippen MR) is 61.4 cm³/mol. The van der Waals surface area contributed by atoms with Gasteiger partial charge in [0.2, 0.25) is 0 Å². The van der Waals surface area contributed by atoms with E-state index in [4.69, 9.17) is 4.74 Å². The third-order valence-corrected chi connectivity index (χ3v) is 3.39. The highest BCUT2D eigenvalue weighted by Gasteiger charge is 2.40. The van der Waals surface area contributed by atoms with Gasteiger partial charge in [0.05, 0.1) is 5.92 Å². The molecule has 86 valence electrons. The second kappa shape index (κ2) is 3.99. The van der Waals surface area contributed by atoms with E-state index in [1.807, 2.05) is 20.8 Å². The van der Waals surface area contributed by atoms with Crippen molar-refractivity contribution in [1.29, 1.82) is 0 Å². The molecule has 0 fully saturated rings. The molecule has 2 nitrogen and oxygen atoms in total. The molecular weight excluding hydrogens is 188 g/mol. The average Bonchev–Trinajstić information content (AvgIpc) is 2.27. The molecule has 2 heteroatoms. The predicted octanol–water partition coefficient (Wildman–Crippen LogP) is 3.18. The van der Waals surface area contributed by atoms with Gasteiger partial charge in [-0.05, 0) is 17.9 Å². The molecule has 0 aromatic rings. The molecular formula is C13H22O2. The highest BCUT2D eigenvalue weighted by atomic mass is 16.5. The van der Waals surface area contributed by atoms with Crippen molar-refractivity contribution in [3.63, 3.8) is 0 Å². The number of carbonyl (C=O) groups excluding carboxylic acids is 1. The highest BCUT2D eigenvalue weighted by Crippen LogP contribution is 2.42. The first kappa shape index (κ1) is 12.3. The zero-order valence-electron chi connectivity index (χ0n) is 10.6. The minimum atomic E-state index is -0.0997. The van der Waals surface area contributed by atoms with Crippen molar-refractivity contribution in [1.82, 2.24) is 0 Å². The van der Waals surface area contributed by atoms with Gasteiger partial charge in [-0.15, -0.1) is 0 Å². The molecule has 1 aliphatic rings. The van der Waals surface area contributed by atoms with Gasteiger partial charge in [-0.1, -0.05) is 40.7 Å². The van der Waals surface area contributed by atoms with E-state index in [9.17, 15) is 4.79 Å². The second-order valence-electron chi connectivity index (χ2n) is 5.51. The van der Waals surface area contributed by atoms with Gasteiger partial charge in [0.25, 0.3) is 0 Å². The topological polar surface area (TPSA) is 26.3 Å². The fourth-order valence-corrected chi connectivity index (χ4v) is 2.04. The normalized spacial score (nSPS) is 29.1. The van der Waals surface area contributed by atoms with Crippen molar-refractivity contribution >= 4 is 5.97 Å². The van der Waals surface area contributed by atoms with Gasteiger partial charge in [0.1, 0.15) is 6.10 Å². The lowest BCUT2D eigenvalue weighted by Crippen LogP contribution is -2.30. The first-order chi connectivity index (χ1) is 6.75. The summed E-state index contributed by atoms with van der Waals surface area (Å²) in [5.74, 6) is 0.214. The molecule has 0 unspecified atom stereocenters. The van der Waals surface area contributed by atoms with E-state index in [0.717, 1.165) is 0 Å². The van der Waals surface area contributed by atoms with Crippen molar-refractivity contribution in [2.45, 2.75) is 47.6 Å². The quantitative estimate of drug-likeness (QED) is 0.517. The molecule has 0 aromatic heterocycles. The number of carbonyl (C=O) groups is 1. The Morgan fingerprint density at radius 3 is 2.33 bits per heavy atom. The van der Waals surface area contributed by atoms with Gasteiger partial charge >= 0.3 is 5.97 Å². The van der Waals surface area contributed by atoms with Crippen LogP contribution in [0.2, 0.25) is 0 Å². The maximum Gasteiger partial charge on any atom is 0.308 e. The van der Waals surface area contributed by atoms with Crippen molar-refractivity contribution in [2.75, 3.05) is 0 Å². The summed E-state index contributed by atoms with van der Waals surface area (Å²) in [4.78, 5) is 11.6. The minimum absolute atomic E-state index is 0.0325. The first-order valence-corrected chi connectivity index (χ1v) is 5.65. The van der Waals surface area contributed by atoms with Gasteiger partial charge in [0.15, 0.2) is 0 Å². The lowest BCUT2D eigenvalue weighted by atomic mass is 9.82. The Morgan fingerprint density at radius 1 is 1.47 bits per heavy atom. The van der Waals surface area contributed by atoms with Crippen molar-refractivity contribution in [3.05, 3.63) is 11.6 Å². The van der Waals surface area contributed by atoms with Gasteiger partial charge in [0, 0.05) is 5.92 Å². The van der Waals surface area contributed by atoms with E-state index >= 15 is 0 Å². The third kappa shape index (κ3) is 2.42. The molecule has 2 atom stereocenters. The molecule has 1 rings (SSSR count). The average molecular weight is 210 g/mol. The van der Waals surface area contributed by atoms with Crippen molar-refractivity contribution in [2.24, 2.45) is 17.3 Å². The Bertz CT molecular complexity index is 287. The summed E-state index contributed by atoms with van der Waals surface area (Å²) in [5, 5.41) is 0. The maximum atomic E-state index is 11.6. The number of hydrogen-bond donors (Lipinski definition) is 0. The number of esters is 1. The summed E-state index contributed by atoms with van der Waals surface area (Å²) in [7, 11) is 0. The van der Waals surface area contributed by atoms with Crippen LogP contribution >= 0.6 is 0 Å². The number of hydrogen-bond acceptors (Lipinski definition) is 2. The van der Waals surface area contributed by atoms with Crippen LogP contribution < -0.4 is 0 Å². The maximum absolute atomic E-state index is 11.6. The molecule has 0 N–H and O–H groups in total. The van der Waals surface area contributed by atoms with Crippen LogP contribution in [0.3, 0.4) is 0 Å². The second-order valence-corrected chi connectivity index (χ2v) is 5.51. The molecule has 15 heavy (non-hydrogen) atoms. The minimum Gasteiger partial charge on any atom is -0.457 e. The third-order valence-electron chi connectivity index (χ3n) is 3.39. The van der Waals surface area contributed by atoms with E-state index < -0.39 is 0 Å². The van der Waals surface area contributed by atoms with Crippen LogP contribution in [-0.4, -0.2) is 12.1 Å². The summed E-state index contributed by atoms with van der Waals surface area (Å²) in [6.07, 6.45) is 2.19. The molecule has 0 aliphatic heterocycles. The SMILES string of the molecule is CC1=CC(C)(C)[C@@H](C)[C@H]1OC(=O)C(C)C. The van der Waals surface area contributed by atoms with Crippen LogP contribution in [0.25, 0.3) is 0 Å². The van der Waals surface area contributed by atoms with E-state index in [-0.39, 0.29) is 23.4 Å². The van der Waals surface area contributed by atoms with Crippen molar-refractivity contribution in [3.8, 4) is 0 Å². The smallest absolute Gasteiger partial charge is 0.308 e. The zero-order chi connectivity index (χ0) is 11.8. The first-order valence-electron chi connectivity index (χ1n) is 5.65. The Kier molecular flexibility index (Phi) is 3.27. The van der Waals surface area contributed by atoms with Crippen LogP contribution in [0, 0.1) is 17.3 Å². The Balaban J connectivity index is 2.74. The van der Waals surface area contributed by atoms with Gasteiger partial charge < -0.3 is 4.74 Å². The van der Waals surface area contributed by atoms with Gasteiger partial charge in [-0.3, -0.25) is 4.79 Å². The van der Waals surface area contributed by atoms with E-state index in [1.165, 1.54) is 5.57 Å². The fourth-order valence-electron chi connectivity index (χ4n) is 2.04. The number of rotatable bonds is 2. The molecule has 1 aliphatic carbocycles. The molecule has 0 bridgehead atoms. The summed E-state index contributed by atoms with van der Waals surface area (Å²) in [5.41, 5.74) is 1.31. The van der Waals surface area contributed by atoms with E-state index in [1.54, 1.807) is 0 Å². The Morgan fingerprint density at radius 2 is 2.00 bits per heavy atom. The Hall–Kier alpha value is -0.790. The lowest BCUT2D eigenvalue weighted by molar-refractivity contribution is -0.153. The molecule has 0 spiro atoms. The fraction of sp³-hybridized carbons (Fsp3) is 0.769. The molecule has 0 saturated heterocycles. The monoisotopic (exact) mass is 210 g/mol. The molecule has 0 saturated carbocycles. The van der Waals surface area contributed by atoms with Crippen LogP contribution in [0.4, 0.5) is 0 Å². The number of allylic oxidation sites excluding steroid dienone is 1. The molecule has 0 amide bonds. The molecule has 0 radical (unpaired) electrons. The van der Waals surface area contributed by atoms with Crippen LogP contribution in [-0.2, 0) is 9.53 Å². The summed E-state index contributed by atoms with van der Waals surface area (Å²) in [6.45, 7) is 12.3. The molecule has 0 aromatic carbocycles. The number of ether oxygens (including phenoxy) is 1.